The Morgan fingerprint density at radius 3 is 2.59 bits per heavy atom. The number of morpholine rings is 1. The number of piperidine rings is 1. The molecule has 2 saturated heterocycles. The van der Waals surface area contributed by atoms with Crippen LogP contribution in [0.5, 0.6) is 0 Å². The number of hydrogen-bond acceptors (Lipinski definition) is 4. The van der Waals surface area contributed by atoms with Crippen LogP contribution >= 0.6 is 24.0 Å². The number of nitrogens with zero attached hydrogens (tertiary/aromatic N) is 3. The summed E-state index contributed by atoms with van der Waals surface area (Å²) >= 11 is 0. The first-order chi connectivity index (χ1) is 13.7. The Morgan fingerprint density at radius 1 is 1.21 bits per heavy atom. The van der Waals surface area contributed by atoms with Crippen molar-refractivity contribution >= 4 is 29.9 Å². The zero-order valence-electron chi connectivity index (χ0n) is 18.1. The molecule has 0 aliphatic carbocycles. The minimum absolute atomic E-state index is 0. The second kappa shape index (κ2) is 12.7. The van der Waals surface area contributed by atoms with Gasteiger partial charge in [-0.15, -0.1) is 24.0 Å². The molecule has 0 saturated carbocycles. The molecule has 7 heteroatoms. The average Bonchev–Trinajstić information content (AvgIpc) is 2.73. The van der Waals surface area contributed by atoms with E-state index >= 15 is 0 Å². The predicted octanol–water partition coefficient (Wildman–Crippen LogP) is 2.54. The van der Waals surface area contributed by atoms with Gasteiger partial charge in [-0.25, -0.2) is 0 Å². The van der Waals surface area contributed by atoms with Crippen LogP contribution in [0.15, 0.2) is 35.3 Å². The third-order valence-electron chi connectivity index (χ3n) is 5.95. The van der Waals surface area contributed by atoms with E-state index in [4.69, 9.17) is 4.74 Å². The van der Waals surface area contributed by atoms with Crippen molar-refractivity contribution in [3.8, 4) is 0 Å². The molecule has 0 radical (unpaired) electrons. The lowest BCUT2D eigenvalue weighted by molar-refractivity contribution is -0.0174. The molecule has 6 nitrogen and oxygen atoms in total. The Labute approximate surface area is 193 Å². The summed E-state index contributed by atoms with van der Waals surface area (Å²) in [4.78, 5) is 9.51. The monoisotopic (exact) mass is 515 g/mol. The number of halogens is 1. The fourth-order valence-electron chi connectivity index (χ4n) is 4.22. The Bertz CT molecular complexity index is 606. The summed E-state index contributed by atoms with van der Waals surface area (Å²) in [5.41, 5.74) is 1.40. The second-order valence-corrected chi connectivity index (χ2v) is 8.14. The fraction of sp³-hybridized carbons (Fsp3) is 0.682. The molecule has 29 heavy (non-hydrogen) atoms. The minimum atomic E-state index is 0. The van der Waals surface area contributed by atoms with Gasteiger partial charge in [0.05, 0.1) is 13.2 Å². The van der Waals surface area contributed by atoms with Crippen molar-refractivity contribution < 1.29 is 4.74 Å². The van der Waals surface area contributed by atoms with E-state index in [1.165, 1.54) is 5.56 Å². The van der Waals surface area contributed by atoms with E-state index in [-0.39, 0.29) is 24.0 Å². The number of ether oxygens (including phenoxy) is 1. The molecule has 3 rings (SSSR count). The Hall–Kier alpha value is -0.900. The molecule has 164 valence electrons. The zero-order chi connectivity index (χ0) is 19.8. The summed E-state index contributed by atoms with van der Waals surface area (Å²) in [5.74, 6) is 0.925. The summed E-state index contributed by atoms with van der Waals surface area (Å²) in [5, 5.41) is 7.16. The van der Waals surface area contributed by atoms with Crippen molar-refractivity contribution in [1.29, 1.82) is 0 Å². The van der Waals surface area contributed by atoms with Gasteiger partial charge in [0, 0.05) is 57.9 Å². The highest BCUT2D eigenvalue weighted by atomic mass is 127. The van der Waals surface area contributed by atoms with Crippen LogP contribution in [0.2, 0.25) is 0 Å². The number of benzene rings is 1. The van der Waals surface area contributed by atoms with Crippen LogP contribution in [0, 0.1) is 0 Å². The normalized spacial score (nSPS) is 23.3. The number of likely N-dealkylation sites (tertiary alicyclic amines) is 1. The van der Waals surface area contributed by atoms with Gasteiger partial charge in [-0.1, -0.05) is 30.3 Å². The first kappa shape index (κ1) is 24.4. The van der Waals surface area contributed by atoms with Gasteiger partial charge in [-0.3, -0.25) is 14.8 Å². The summed E-state index contributed by atoms with van der Waals surface area (Å²) in [6.45, 7) is 11.4. The highest BCUT2D eigenvalue weighted by Gasteiger charge is 2.24. The number of rotatable bonds is 6. The van der Waals surface area contributed by atoms with Crippen LogP contribution in [0.25, 0.3) is 0 Å². The Morgan fingerprint density at radius 2 is 1.93 bits per heavy atom. The van der Waals surface area contributed by atoms with Gasteiger partial charge >= 0.3 is 0 Å². The van der Waals surface area contributed by atoms with Crippen LogP contribution < -0.4 is 10.6 Å². The van der Waals surface area contributed by atoms with E-state index in [9.17, 15) is 0 Å². The van der Waals surface area contributed by atoms with Gasteiger partial charge in [-0.2, -0.15) is 0 Å². The lowest BCUT2D eigenvalue weighted by Crippen LogP contribution is -2.54. The number of hydrogen-bond donors (Lipinski definition) is 2. The maximum absolute atomic E-state index is 5.55. The molecule has 1 aromatic rings. The van der Waals surface area contributed by atoms with Crippen LogP contribution in [0.3, 0.4) is 0 Å². The fourth-order valence-corrected chi connectivity index (χ4v) is 4.22. The van der Waals surface area contributed by atoms with Crippen LogP contribution in [-0.4, -0.2) is 80.3 Å². The smallest absolute Gasteiger partial charge is 0.191 e. The quantitative estimate of drug-likeness (QED) is 0.347. The van der Waals surface area contributed by atoms with E-state index in [2.05, 4.69) is 69.6 Å². The molecule has 2 unspecified atom stereocenters. The van der Waals surface area contributed by atoms with Crippen molar-refractivity contribution in [1.82, 2.24) is 20.4 Å². The molecule has 2 heterocycles. The van der Waals surface area contributed by atoms with Gasteiger partial charge in [0.2, 0.25) is 0 Å². The first-order valence-electron chi connectivity index (χ1n) is 10.7. The summed E-state index contributed by atoms with van der Waals surface area (Å²) < 4.78 is 5.55. The summed E-state index contributed by atoms with van der Waals surface area (Å²) in [6.07, 6.45) is 2.31. The van der Waals surface area contributed by atoms with Crippen molar-refractivity contribution in [2.24, 2.45) is 4.99 Å². The van der Waals surface area contributed by atoms with Gasteiger partial charge in [0.25, 0.3) is 0 Å². The van der Waals surface area contributed by atoms with Crippen molar-refractivity contribution in [2.75, 3.05) is 46.4 Å². The van der Waals surface area contributed by atoms with Gasteiger partial charge < -0.3 is 15.4 Å². The number of nitrogens with one attached hydrogen (secondary N) is 2. The molecule has 2 fully saturated rings. The molecule has 2 N–H and O–H groups in total. The standard InChI is InChI=1S/C22H37N5O.HI/c1-18(27-13-14-28-17-19(27)2)15-24-22(23-3)25-21-9-11-26(12-10-21)16-20-7-5-4-6-8-20;/h4-8,18-19,21H,9-17H2,1-3H3,(H2,23,24,25);1H. The number of aliphatic imine (C=N–C) groups is 1. The maximum atomic E-state index is 5.55. The van der Waals surface area contributed by atoms with Crippen LogP contribution in [0.1, 0.15) is 32.3 Å². The molecule has 2 aliphatic rings. The predicted molar refractivity (Wildman–Crippen MR) is 131 cm³/mol. The molecular weight excluding hydrogens is 477 g/mol. The van der Waals surface area contributed by atoms with Gasteiger partial charge in [0.15, 0.2) is 5.96 Å². The van der Waals surface area contributed by atoms with E-state index in [0.29, 0.717) is 18.1 Å². The van der Waals surface area contributed by atoms with Crippen molar-refractivity contribution in [3.05, 3.63) is 35.9 Å². The maximum Gasteiger partial charge on any atom is 0.191 e. The molecule has 1 aromatic carbocycles. The highest BCUT2D eigenvalue weighted by Crippen LogP contribution is 2.14. The second-order valence-electron chi connectivity index (χ2n) is 8.14. The zero-order valence-corrected chi connectivity index (χ0v) is 20.5. The summed E-state index contributed by atoms with van der Waals surface area (Å²) in [7, 11) is 1.86. The van der Waals surface area contributed by atoms with Crippen LogP contribution in [0.4, 0.5) is 0 Å². The van der Waals surface area contributed by atoms with E-state index in [1.54, 1.807) is 0 Å². The summed E-state index contributed by atoms with van der Waals surface area (Å²) in [6, 6.07) is 12.2. The molecule has 0 bridgehead atoms. The third kappa shape index (κ3) is 7.70. The molecule has 2 aliphatic heterocycles. The minimum Gasteiger partial charge on any atom is -0.379 e. The SMILES string of the molecule is CN=C(NCC(C)N1CCOCC1C)NC1CCN(Cc2ccccc2)CC1.I. The molecule has 0 spiro atoms. The Kier molecular flexibility index (Phi) is 10.7. The number of guanidine groups is 1. The largest absolute Gasteiger partial charge is 0.379 e. The average molecular weight is 515 g/mol. The van der Waals surface area contributed by atoms with Crippen molar-refractivity contribution in [3.63, 3.8) is 0 Å². The Balaban J connectivity index is 0.00000300. The third-order valence-corrected chi connectivity index (χ3v) is 5.95. The molecule has 0 aromatic heterocycles. The first-order valence-corrected chi connectivity index (χ1v) is 10.7. The molecule has 2 atom stereocenters. The van der Waals surface area contributed by atoms with Crippen molar-refractivity contribution in [2.45, 2.75) is 51.4 Å². The van der Waals surface area contributed by atoms with E-state index < -0.39 is 0 Å². The molecule has 0 amide bonds. The lowest BCUT2D eigenvalue weighted by Gasteiger charge is -2.38. The highest BCUT2D eigenvalue weighted by molar-refractivity contribution is 14.0. The van der Waals surface area contributed by atoms with E-state index in [1.807, 2.05) is 7.05 Å². The van der Waals surface area contributed by atoms with Crippen LogP contribution in [-0.2, 0) is 11.3 Å². The van der Waals surface area contributed by atoms with Gasteiger partial charge in [0.1, 0.15) is 0 Å². The molecular formula is C22H38IN5O. The lowest BCUT2D eigenvalue weighted by atomic mass is 10.0. The topological polar surface area (TPSA) is 52.1 Å². The van der Waals surface area contributed by atoms with E-state index in [0.717, 1.165) is 64.7 Å². The van der Waals surface area contributed by atoms with Gasteiger partial charge in [-0.05, 0) is 32.3 Å².